The molecule has 1 aromatic carbocycles. The minimum absolute atomic E-state index is 0.0334. The first kappa shape index (κ1) is 14.8. The second-order valence-corrected chi connectivity index (χ2v) is 6.22. The van der Waals surface area contributed by atoms with Gasteiger partial charge in [-0.25, -0.2) is 0 Å². The van der Waals surface area contributed by atoms with Gasteiger partial charge in [0.1, 0.15) is 0 Å². The third-order valence-electron chi connectivity index (χ3n) is 3.07. The van der Waals surface area contributed by atoms with E-state index in [0.717, 1.165) is 34.9 Å². The lowest BCUT2D eigenvalue weighted by Crippen LogP contribution is -2.26. The van der Waals surface area contributed by atoms with Crippen LogP contribution in [0.15, 0.2) is 38.8 Å². The molecule has 19 heavy (non-hydrogen) atoms. The Hall–Kier alpha value is -0.650. The molecule has 0 aliphatic carbocycles. The van der Waals surface area contributed by atoms with Gasteiger partial charge in [-0.1, -0.05) is 27.6 Å². The molecular formula is C14H16Br2N2O. The maximum Gasteiger partial charge on any atom is 0.252 e. The second-order valence-electron chi connectivity index (χ2n) is 4.45. The molecule has 2 rings (SSSR count). The molecule has 0 saturated heterocycles. The van der Waals surface area contributed by atoms with Crippen LogP contribution in [0.25, 0.3) is 0 Å². The Balaban J connectivity index is 1.85. The van der Waals surface area contributed by atoms with E-state index in [0.29, 0.717) is 12.1 Å². The quantitative estimate of drug-likeness (QED) is 0.778. The van der Waals surface area contributed by atoms with Crippen LogP contribution in [0.3, 0.4) is 0 Å². The third-order valence-corrected chi connectivity index (χ3v) is 4.21. The van der Waals surface area contributed by atoms with E-state index in [1.54, 1.807) is 0 Å². The van der Waals surface area contributed by atoms with Crippen molar-refractivity contribution in [3.05, 3.63) is 44.4 Å². The topological polar surface area (TPSA) is 41.1 Å². The number of nitrogens with one attached hydrogen (secondary N) is 2. The molecule has 1 aromatic rings. The van der Waals surface area contributed by atoms with Crippen molar-refractivity contribution in [1.82, 2.24) is 10.6 Å². The molecule has 1 aliphatic rings. The zero-order chi connectivity index (χ0) is 13.7. The van der Waals surface area contributed by atoms with Crippen LogP contribution in [-0.2, 0) is 0 Å². The second kappa shape index (κ2) is 7.22. The summed E-state index contributed by atoms with van der Waals surface area (Å²) in [6, 6.07) is 5.56. The summed E-state index contributed by atoms with van der Waals surface area (Å²) in [4.78, 5) is 12.0. The molecule has 0 unspecified atom stereocenters. The van der Waals surface area contributed by atoms with E-state index in [2.05, 4.69) is 48.6 Å². The Kier molecular flexibility index (Phi) is 5.60. The molecule has 0 radical (unpaired) electrons. The Labute approximate surface area is 130 Å². The molecule has 0 bridgehead atoms. The maximum absolute atomic E-state index is 12.0. The van der Waals surface area contributed by atoms with Gasteiger partial charge in [0.25, 0.3) is 5.91 Å². The van der Waals surface area contributed by atoms with Gasteiger partial charge >= 0.3 is 0 Å². The van der Waals surface area contributed by atoms with Crippen molar-refractivity contribution in [2.24, 2.45) is 0 Å². The fourth-order valence-electron chi connectivity index (χ4n) is 2.00. The SMILES string of the molecule is O=C(NCCC1=CCNCC1)c1ccc(Br)cc1Br. The average Bonchev–Trinajstić information content (AvgIpc) is 2.39. The standard InChI is InChI=1S/C14H16Br2N2O/c15-11-1-2-12(13(16)9-11)14(19)18-8-5-10-3-6-17-7-4-10/h1-3,9,17H,4-8H2,(H,18,19). The van der Waals surface area contributed by atoms with E-state index in [1.807, 2.05) is 18.2 Å². The van der Waals surface area contributed by atoms with Crippen LogP contribution in [0.1, 0.15) is 23.2 Å². The fraction of sp³-hybridized carbons (Fsp3) is 0.357. The third kappa shape index (κ3) is 4.44. The highest BCUT2D eigenvalue weighted by molar-refractivity contribution is 9.11. The zero-order valence-electron chi connectivity index (χ0n) is 10.5. The van der Waals surface area contributed by atoms with E-state index in [1.165, 1.54) is 5.57 Å². The summed E-state index contributed by atoms with van der Waals surface area (Å²) in [6.07, 6.45) is 4.23. The van der Waals surface area contributed by atoms with E-state index < -0.39 is 0 Å². The van der Waals surface area contributed by atoms with Crippen molar-refractivity contribution < 1.29 is 4.79 Å². The van der Waals surface area contributed by atoms with Gasteiger partial charge in [-0.05, 0) is 53.5 Å². The molecule has 102 valence electrons. The average molecular weight is 388 g/mol. The monoisotopic (exact) mass is 386 g/mol. The molecule has 0 fully saturated rings. The van der Waals surface area contributed by atoms with Crippen molar-refractivity contribution in [2.75, 3.05) is 19.6 Å². The first-order chi connectivity index (χ1) is 9.16. The first-order valence-corrected chi connectivity index (χ1v) is 7.87. The van der Waals surface area contributed by atoms with E-state index >= 15 is 0 Å². The highest BCUT2D eigenvalue weighted by Gasteiger charge is 2.10. The Morgan fingerprint density at radius 3 is 2.89 bits per heavy atom. The van der Waals surface area contributed by atoms with Crippen LogP contribution >= 0.6 is 31.9 Å². The summed E-state index contributed by atoms with van der Waals surface area (Å²) in [5.74, 6) is -0.0334. The van der Waals surface area contributed by atoms with E-state index in [9.17, 15) is 4.79 Å². The smallest absolute Gasteiger partial charge is 0.252 e. The number of amides is 1. The van der Waals surface area contributed by atoms with Crippen molar-refractivity contribution in [1.29, 1.82) is 0 Å². The normalized spacial score (nSPS) is 14.9. The number of benzene rings is 1. The van der Waals surface area contributed by atoms with Crippen molar-refractivity contribution in [2.45, 2.75) is 12.8 Å². The minimum atomic E-state index is -0.0334. The lowest BCUT2D eigenvalue weighted by atomic mass is 10.1. The zero-order valence-corrected chi connectivity index (χ0v) is 13.7. The summed E-state index contributed by atoms with van der Waals surface area (Å²) in [5.41, 5.74) is 2.09. The van der Waals surface area contributed by atoms with Crippen molar-refractivity contribution in [3.8, 4) is 0 Å². The number of hydrogen-bond acceptors (Lipinski definition) is 2. The lowest BCUT2D eigenvalue weighted by Gasteiger charge is -2.14. The predicted molar refractivity (Wildman–Crippen MR) is 84.4 cm³/mol. The van der Waals surface area contributed by atoms with Crippen LogP contribution in [-0.4, -0.2) is 25.5 Å². The fourth-order valence-corrected chi connectivity index (χ4v) is 3.23. The first-order valence-electron chi connectivity index (χ1n) is 6.28. The Morgan fingerprint density at radius 2 is 2.21 bits per heavy atom. The van der Waals surface area contributed by atoms with Gasteiger partial charge in [-0.15, -0.1) is 0 Å². The molecule has 0 saturated carbocycles. The molecule has 0 spiro atoms. The number of hydrogen-bond donors (Lipinski definition) is 2. The van der Waals surface area contributed by atoms with Gasteiger partial charge in [0.2, 0.25) is 0 Å². The van der Waals surface area contributed by atoms with Crippen LogP contribution in [0.4, 0.5) is 0 Å². The lowest BCUT2D eigenvalue weighted by molar-refractivity contribution is 0.0953. The number of rotatable bonds is 4. The van der Waals surface area contributed by atoms with Gasteiger partial charge in [0, 0.05) is 22.0 Å². The van der Waals surface area contributed by atoms with Gasteiger partial charge in [0.05, 0.1) is 5.56 Å². The summed E-state index contributed by atoms with van der Waals surface area (Å²) >= 11 is 6.78. The molecule has 0 aromatic heterocycles. The minimum Gasteiger partial charge on any atom is -0.352 e. The molecule has 1 heterocycles. The molecule has 3 nitrogen and oxygen atoms in total. The molecule has 2 N–H and O–H groups in total. The van der Waals surface area contributed by atoms with Crippen LogP contribution in [0.5, 0.6) is 0 Å². The largest absolute Gasteiger partial charge is 0.352 e. The molecular weight excluding hydrogens is 372 g/mol. The molecule has 1 aliphatic heterocycles. The van der Waals surface area contributed by atoms with Crippen LogP contribution < -0.4 is 10.6 Å². The summed E-state index contributed by atoms with van der Waals surface area (Å²) in [7, 11) is 0. The van der Waals surface area contributed by atoms with Gasteiger partial charge < -0.3 is 10.6 Å². The van der Waals surface area contributed by atoms with Gasteiger partial charge in [-0.3, -0.25) is 4.79 Å². The highest BCUT2D eigenvalue weighted by atomic mass is 79.9. The van der Waals surface area contributed by atoms with Crippen LogP contribution in [0, 0.1) is 0 Å². The Morgan fingerprint density at radius 1 is 1.37 bits per heavy atom. The number of carbonyl (C=O) groups excluding carboxylic acids is 1. The summed E-state index contributed by atoms with van der Waals surface area (Å²) in [6.45, 7) is 2.67. The summed E-state index contributed by atoms with van der Waals surface area (Å²) in [5, 5.41) is 6.24. The van der Waals surface area contributed by atoms with Gasteiger partial charge in [-0.2, -0.15) is 0 Å². The van der Waals surface area contributed by atoms with E-state index in [4.69, 9.17) is 0 Å². The van der Waals surface area contributed by atoms with Crippen molar-refractivity contribution >= 4 is 37.8 Å². The number of carbonyl (C=O) groups is 1. The maximum atomic E-state index is 12.0. The number of halogens is 2. The summed E-state index contributed by atoms with van der Waals surface area (Å²) < 4.78 is 1.76. The highest BCUT2D eigenvalue weighted by Crippen LogP contribution is 2.21. The predicted octanol–water partition coefficient (Wildman–Crippen LogP) is 3.25. The van der Waals surface area contributed by atoms with Gasteiger partial charge in [0.15, 0.2) is 0 Å². The van der Waals surface area contributed by atoms with Crippen molar-refractivity contribution in [3.63, 3.8) is 0 Å². The molecule has 1 amide bonds. The molecule has 5 heteroatoms. The Bertz CT molecular complexity index is 500. The molecule has 0 atom stereocenters. The van der Waals surface area contributed by atoms with E-state index in [-0.39, 0.29) is 5.91 Å². The van der Waals surface area contributed by atoms with Crippen LogP contribution in [0.2, 0.25) is 0 Å².